The van der Waals surface area contributed by atoms with Gasteiger partial charge in [-0.25, -0.2) is 9.78 Å². The van der Waals surface area contributed by atoms with Crippen molar-refractivity contribution >= 4 is 17.0 Å². The van der Waals surface area contributed by atoms with E-state index in [4.69, 9.17) is 4.74 Å². The van der Waals surface area contributed by atoms with Crippen molar-refractivity contribution in [1.82, 2.24) is 9.55 Å². The maximum Gasteiger partial charge on any atom is 0.334 e. The summed E-state index contributed by atoms with van der Waals surface area (Å²) < 4.78 is 7.21. The highest BCUT2D eigenvalue weighted by atomic mass is 16.5. The summed E-state index contributed by atoms with van der Waals surface area (Å²) in [5.74, 6) is -0.0613. The number of nitrogens with zero attached hydrogens (tertiary/aromatic N) is 2. The van der Waals surface area contributed by atoms with Crippen LogP contribution in [0.2, 0.25) is 0 Å². The molecule has 0 aliphatic heterocycles. The molecule has 0 aliphatic rings. The lowest BCUT2D eigenvalue weighted by atomic mass is 10.3. The van der Waals surface area contributed by atoms with Crippen molar-refractivity contribution in [2.24, 2.45) is 0 Å². The van der Waals surface area contributed by atoms with Gasteiger partial charge in [0.1, 0.15) is 5.82 Å². The SMILES string of the molecule is CCOC(Cn1c(CC)nc2ccccc21)C(=O)O. The summed E-state index contributed by atoms with van der Waals surface area (Å²) in [4.78, 5) is 15.7. The van der Waals surface area contributed by atoms with Crippen molar-refractivity contribution in [3.05, 3.63) is 30.1 Å². The van der Waals surface area contributed by atoms with Crippen LogP contribution in [0, 0.1) is 0 Å². The average molecular weight is 262 g/mol. The summed E-state index contributed by atoms with van der Waals surface area (Å²) >= 11 is 0. The first-order valence-corrected chi connectivity index (χ1v) is 6.45. The number of carboxylic acids is 1. The fourth-order valence-corrected chi connectivity index (χ4v) is 2.17. The molecule has 5 nitrogen and oxygen atoms in total. The number of aliphatic carboxylic acids is 1. The topological polar surface area (TPSA) is 64.4 Å². The van der Waals surface area contributed by atoms with Gasteiger partial charge in [0, 0.05) is 13.0 Å². The first kappa shape index (κ1) is 13.5. The van der Waals surface area contributed by atoms with Gasteiger partial charge in [0.05, 0.1) is 17.6 Å². The Bertz CT molecular complexity index is 577. The Labute approximate surface area is 111 Å². The molecular formula is C14H18N2O3. The zero-order valence-electron chi connectivity index (χ0n) is 11.2. The molecule has 19 heavy (non-hydrogen) atoms. The van der Waals surface area contributed by atoms with Crippen LogP contribution in [-0.4, -0.2) is 33.3 Å². The molecule has 0 fully saturated rings. The van der Waals surface area contributed by atoms with Crippen molar-refractivity contribution in [3.63, 3.8) is 0 Å². The molecule has 1 heterocycles. The van der Waals surface area contributed by atoms with Crippen molar-refractivity contribution in [3.8, 4) is 0 Å². The van der Waals surface area contributed by atoms with Gasteiger partial charge in [0.2, 0.25) is 0 Å². The van der Waals surface area contributed by atoms with Crippen molar-refractivity contribution in [2.75, 3.05) is 6.61 Å². The third-order valence-electron chi connectivity index (χ3n) is 3.04. The molecule has 102 valence electrons. The number of para-hydroxylation sites is 2. The van der Waals surface area contributed by atoms with E-state index >= 15 is 0 Å². The summed E-state index contributed by atoms with van der Waals surface area (Å²) in [6.07, 6.45) is -0.0828. The molecule has 0 radical (unpaired) electrons. The molecule has 1 atom stereocenters. The summed E-state index contributed by atoms with van der Waals surface area (Å²) in [7, 11) is 0. The van der Waals surface area contributed by atoms with Crippen molar-refractivity contribution < 1.29 is 14.6 Å². The number of fused-ring (bicyclic) bond motifs is 1. The molecule has 2 aromatic rings. The maximum absolute atomic E-state index is 11.2. The van der Waals surface area contributed by atoms with Gasteiger partial charge in [-0.3, -0.25) is 0 Å². The zero-order valence-corrected chi connectivity index (χ0v) is 11.2. The van der Waals surface area contributed by atoms with Crippen LogP contribution in [0.5, 0.6) is 0 Å². The van der Waals surface area contributed by atoms with Crippen LogP contribution in [0.3, 0.4) is 0 Å². The zero-order chi connectivity index (χ0) is 13.8. The summed E-state index contributed by atoms with van der Waals surface area (Å²) in [5, 5.41) is 9.18. The fraction of sp³-hybridized carbons (Fsp3) is 0.429. The maximum atomic E-state index is 11.2. The molecule has 1 unspecified atom stereocenters. The van der Waals surface area contributed by atoms with Crippen LogP contribution in [0.1, 0.15) is 19.7 Å². The van der Waals surface area contributed by atoms with E-state index in [0.29, 0.717) is 6.61 Å². The number of rotatable bonds is 6. The second-order valence-electron chi connectivity index (χ2n) is 4.26. The summed E-state index contributed by atoms with van der Waals surface area (Å²) in [6.45, 7) is 4.47. The van der Waals surface area contributed by atoms with Crippen molar-refractivity contribution in [2.45, 2.75) is 32.9 Å². The first-order chi connectivity index (χ1) is 9.17. The lowest BCUT2D eigenvalue weighted by Crippen LogP contribution is -2.29. The van der Waals surface area contributed by atoms with Crippen LogP contribution < -0.4 is 0 Å². The molecule has 2 rings (SSSR count). The summed E-state index contributed by atoms with van der Waals surface area (Å²) in [6, 6.07) is 7.74. The third-order valence-corrected chi connectivity index (χ3v) is 3.04. The van der Waals surface area contributed by atoms with Gasteiger partial charge in [-0.05, 0) is 19.1 Å². The summed E-state index contributed by atoms with van der Waals surface area (Å²) in [5.41, 5.74) is 1.84. The van der Waals surface area contributed by atoms with E-state index in [1.165, 1.54) is 0 Å². The van der Waals surface area contributed by atoms with Crippen molar-refractivity contribution in [1.29, 1.82) is 0 Å². The van der Waals surface area contributed by atoms with Gasteiger partial charge in [-0.15, -0.1) is 0 Å². The molecule has 0 spiro atoms. The van der Waals surface area contributed by atoms with Crippen LogP contribution >= 0.6 is 0 Å². The van der Waals surface area contributed by atoms with E-state index in [0.717, 1.165) is 23.3 Å². The number of hydrogen-bond acceptors (Lipinski definition) is 3. The van der Waals surface area contributed by atoms with E-state index in [2.05, 4.69) is 4.98 Å². The minimum Gasteiger partial charge on any atom is -0.479 e. The number of hydrogen-bond donors (Lipinski definition) is 1. The minimum atomic E-state index is -0.943. The Morgan fingerprint density at radius 2 is 2.16 bits per heavy atom. The van der Waals surface area contributed by atoms with Gasteiger partial charge in [0.25, 0.3) is 0 Å². The Morgan fingerprint density at radius 3 is 2.79 bits per heavy atom. The molecule has 0 bridgehead atoms. The molecule has 5 heteroatoms. The molecule has 0 saturated heterocycles. The van der Waals surface area contributed by atoms with E-state index in [9.17, 15) is 9.90 Å². The number of aromatic nitrogens is 2. The van der Waals surface area contributed by atoms with Gasteiger partial charge < -0.3 is 14.4 Å². The second kappa shape index (κ2) is 5.84. The highest BCUT2D eigenvalue weighted by molar-refractivity contribution is 5.77. The first-order valence-electron chi connectivity index (χ1n) is 6.45. The number of benzene rings is 1. The van der Waals surface area contributed by atoms with E-state index in [1.54, 1.807) is 6.92 Å². The number of ether oxygens (including phenoxy) is 1. The highest BCUT2D eigenvalue weighted by Crippen LogP contribution is 2.17. The van der Waals surface area contributed by atoms with Gasteiger partial charge >= 0.3 is 5.97 Å². The Balaban J connectivity index is 2.39. The van der Waals surface area contributed by atoms with Gasteiger partial charge in [0.15, 0.2) is 6.10 Å². The highest BCUT2D eigenvalue weighted by Gasteiger charge is 2.20. The van der Waals surface area contributed by atoms with Gasteiger partial charge in [-0.1, -0.05) is 19.1 Å². The average Bonchev–Trinajstić information content (AvgIpc) is 2.76. The number of aryl methyl sites for hydroxylation is 1. The predicted molar refractivity (Wildman–Crippen MR) is 72.2 cm³/mol. The normalized spacial score (nSPS) is 12.7. The molecule has 1 aromatic carbocycles. The molecule has 0 aliphatic carbocycles. The smallest absolute Gasteiger partial charge is 0.334 e. The molecular weight excluding hydrogens is 244 g/mol. The fourth-order valence-electron chi connectivity index (χ4n) is 2.17. The molecule has 1 N–H and O–H groups in total. The monoisotopic (exact) mass is 262 g/mol. The predicted octanol–water partition coefficient (Wildman–Crippen LogP) is 2.09. The van der Waals surface area contributed by atoms with E-state index < -0.39 is 12.1 Å². The largest absolute Gasteiger partial charge is 0.479 e. The second-order valence-corrected chi connectivity index (χ2v) is 4.26. The molecule has 0 amide bonds. The van der Waals surface area contributed by atoms with Crippen LogP contribution in [0.25, 0.3) is 11.0 Å². The van der Waals surface area contributed by atoms with Crippen LogP contribution in [0.15, 0.2) is 24.3 Å². The third kappa shape index (κ3) is 2.76. The quantitative estimate of drug-likeness (QED) is 0.865. The number of imidazole rings is 1. The molecule has 0 saturated carbocycles. The standard InChI is InChI=1S/C14H18N2O3/c1-3-13-15-10-7-5-6-8-11(10)16(13)9-12(14(17)18)19-4-2/h5-8,12H,3-4,9H2,1-2H3,(H,17,18). The Hall–Kier alpha value is -1.88. The Morgan fingerprint density at radius 1 is 1.42 bits per heavy atom. The van der Waals surface area contributed by atoms with E-state index in [-0.39, 0.29) is 6.54 Å². The Kier molecular flexibility index (Phi) is 4.16. The van der Waals surface area contributed by atoms with Gasteiger partial charge in [-0.2, -0.15) is 0 Å². The minimum absolute atomic E-state index is 0.285. The lowest BCUT2D eigenvalue weighted by Gasteiger charge is -2.15. The lowest BCUT2D eigenvalue weighted by molar-refractivity contribution is -0.150. The molecule has 1 aromatic heterocycles. The number of carboxylic acid groups (broad SMARTS) is 1. The van der Waals surface area contributed by atoms with Crippen LogP contribution in [-0.2, 0) is 22.5 Å². The van der Waals surface area contributed by atoms with E-state index in [1.807, 2.05) is 35.8 Å². The number of carbonyl (C=O) groups is 1. The van der Waals surface area contributed by atoms with Crippen LogP contribution in [0.4, 0.5) is 0 Å².